The van der Waals surface area contributed by atoms with Crippen LogP contribution in [0.25, 0.3) is 10.4 Å². The number of hydrogen-bond acceptors (Lipinski definition) is 5. The molecular weight excluding hydrogens is 402 g/mol. The number of rotatable bonds is 3. The van der Waals surface area contributed by atoms with E-state index in [0.717, 1.165) is 45.9 Å². The first-order valence-electron chi connectivity index (χ1n) is 9.73. The Balaban J connectivity index is 1.44. The number of aromatic amines is 1. The van der Waals surface area contributed by atoms with Crippen LogP contribution in [-0.4, -0.2) is 16.8 Å². The van der Waals surface area contributed by atoms with Crippen molar-refractivity contribution in [1.29, 1.82) is 0 Å². The summed E-state index contributed by atoms with van der Waals surface area (Å²) < 4.78 is 5.78. The van der Waals surface area contributed by atoms with Crippen LogP contribution in [0.1, 0.15) is 55.7 Å². The number of aryl methyl sites for hydroxylation is 1. The number of carbonyl (C=O) groups is 2. The average molecular weight is 421 g/mol. The minimum Gasteiger partial charge on any atom is -0.488 e. The molecule has 7 nitrogen and oxygen atoms in total. The fourth-order valence-corrected chi connectivity index (χ4v) is 5.21. The van der Waals surface area contributed by atoms with E-state index in [0.29, 0.717) is 17.9 Å². The topological polar surface area (TPSA) is 114 Å². The highest BCUT2D eigenvalue weighted by Crippen LogP contribution is 2.42. The smallest absolute Gasteiger partial charge is 0.261 e. The van der Waals surface area contributed by atoms with Gasteiger partial charge in [-0.2, -0.15) is 0 Å². The number of pyridine rings is 1. The van der Waals surface area contributed by atoms with Crippen LogP contribution in [-0.2, 0) is 13.0 Å². The van der Waals surface area contributed by atoms with E-state index < -0.39 is 11.5 Å². The third-order valence-corrected chi connectivity index (χ3v) is 6.78. The Kier molecular flexibility index (Phi) is 4.43. The van der Waals surface area contributed by atoms with Gasteiger partial charge in [-0.05, 0) is 49.1 Å². The maximum atomic E-state index is 13.0. The van der Waals surface area contributed by atoms with E-state index >= 15 is 0 Å². The lowest BCUT2D eigenvalue weighted by atomic mass is 9.90. The van der Waals surface area contributed by atoms with Gasteiger partial charge < -0.3 is 20.8 Å². The van der Waals surface area contributed by atoms with Crippen molar-refractivity contribution in [3.8, 4) is 16.2 Å². The Morgan fingerprint density at radius 3 is 2.90 bits per heavy atom. The summed E-state index contributed by atoms with van der Waals surface area (Å²) in [5, 5.41) is 3.07. The van der Waals surface area contributed by atoms with Crippen LogP contribution in [0.5, 0.6) is 5.75 Å². The van der Waals surface area contributed by atoms with Crippen molar-refractivity contribution < 1.29 is 14.3 Å². The molecule has 4 N–H and O–H groups in total. The van der Waals surface area contributed by atoms with Gasteiger partial charge in [0.25, 0.3) is 17.4 Å². The number of aromatic nitrogens is 1. The van der Waals surface area contributed by atoms with Crippen LogP contribution in [0.15, 0.2) is 41.2 Å². The van der Waals surface area contributed by atoms with Crippen LogP contribution in [0.3, 0.4) is 0 Å². The number of nitrogens with one attached hydrogen (secondary N) is 2. The van der Waals surface area contributed by atoms with Crippen molar-refractivity contribution in [1.82, 2.24) is 10.3 Å². The maximum Gasteiger partial charge on any atom is 0.261 e. The SMILES string of the molecule is NC(=O)c1cc2c([nH]c1=O)CCCC2NC(=O)c1cc2c(s1)-c1ccccc1OC2. The first-order valence-corrected chi connectivity index (χ1v) is 10.5. The van der Waals surface area contributed by atoms with E-state index in [9.17, 15) is 14.4 Å². The summed E-state index contributed by atoms with van der Waals surface area (Å²) >= 11 is 1.44. The molecule has 2 amide bonds. The molecule has 1 aliphatic carbocycles. The Labute approximate surface area is 175 Å². The first kappa shape index (κ1) is 18.6. The predicted octanol–water partition coefficient (Wildman–Crippen LogP) is 2.90. The van der Waals surface area contributed by atoms with Gasteiger partial charge >= 0.3 is 0 Å². The number of ether oxygens (including phenoxy) is 1. The molecule has 3 aromatic rings. The molecule has 0 bridgehead atoms. The number of nitrogens with two attached hydrogens (primary N) is 1. The monoisotopic (exact) mass is 421 g/mol. The van der Waals surface area contributed by atoms with E-state index in [1.165, 1.54) is 17.4 Å². The Hall–Kier alpha value is -3.39. The van der Waals surface area contributed by atoms with E-state index in [-0.39, 0.29) is 17.5 Å². The molecule has 30 heavy (non-hydrogen) atoms. The number of benzene rings is 1. The summed E-state index contributed by atoms with van der Waals surface area (Å²) in [6, 6.07) is 10.9. The highest BCUT2D eigenvalue weighted by molar-refractivity contribution is 7.17. The quantitative estimate of drug-likeness (QED) is 0.603. The zero-order valence-corrected chi connectivity index (χ0v) is 16.8. The number of para-hydroxylation sites is 1. The molecule has 0 saturated heterocycles. The summed E-state index contributed by atoms with van der Waals surface area (Å²) in [7, 11) is 0. The van der Waals surface area contributed by atoms with Gasteiger partial charge in [-0.1, -0.05) is 12.1 Å². The minimum absolute atomic E-state index is 0.0877. The van der Waals surface area contributed by atoms with Crippen LogP contribution in [0.4, 0.5) is 0 Å². The lowest BCUT2D eigenvalue weighted by Gasteiger charge is -2.26. The van der Waals surface area contributed by atoms with E-state index in [1.54, 1.807) is 0 Å². The van der Waals surface area contributed by atoms with E-state index in [4.69, 9.17) is 10.5 Å². The van der Waals surface area contributed by atoms with Gasteiger partial charge in [-0.15, -0.1) is 11.3 Å². The summed E-state index contributed by atoms with van der Waals surface area (Å²) in [5.74, 6) is -0.140. The summed E-state index contributed by atoms with van der Waals surface area (Å²) in [5.41, 5.74) is 8.23. The average Bonchev–Trinajstić information content (AvgIpc) is 3.18. The second kappa shape index (κ2) is 7.14. The Bertz CT molecular complexity index is 1240. The summed E-state index contributed by atoms with van der Waals surface area (Å²) in [6.45, 7) is 0.436. The molecule has 0 fully saturated rings. The van der Waals surface area contributed by atoms with Crippen molar-refractivity contribution in [2.75, 3.05) is 0 Å². The second-order valence-electron chi connectivity index (χ2n) is 7.48. The molecular formula is C22H19N3O4S. The predicted molar refractivity (Wildman–Crippen MR) is 113 cm³/mol. The summed E-state index contributed by atoms with van der Waals surface area (Å²) in [4.78, 5) is 41.1. The zero-order valence-electron chi connectivity index (χ0n) is 16.0. The fraction of sp³-hybridized carbons (Fsp3) is 0.227. The second-order valence-corrected chi connectivity index (χ2v) is 8.53. The molecule has 3 heterocycles. The van der Waals surface area contributed by atoms with Gasteiger partial charge in [0.1, 0.15) is 17.9 Å². The lowest BCUT2D eigenvalue weighted by molar-refractivity contribution is 0.0936. The molecule has 8 heteroatoms. The number of fused-ring (bicyclic) bond motifs is 4. The van der Waals surface area contributed by atoms with Crippen molar-refractivity contribution in [2.45, 2.75) is 31.9 Å². The molecule has 1 aromatic carbocycles. The molecule has 152 valence electrons. The molecule has 0 radical (unpaired) electrons. The Morgan fingerprint density at radius 1 is 1.23 bits per heavy atom. The maximum absolute atomic E-state index is 13.0. The number of H-pyrrole nitrogens is 1. The standard InChI is InChI=1S/C22H19N3O4S/c23-20(26)14-9-13-15(24-21(14)27)5-3-6-16(13)25-22(28)18-8-11-10-29-17-7-2-1-4-12(17)19(11)30-18/h1-2,4,7-9,16H,3,5-6,10H2,(H2,23,26)(H,24,27)(H,25,28). The third kappa shape index (κ3) is 3.09. The van der Waals surface area contributed by atoms with E-state index in [1.807, 2.05) is 30.3 Å². The molecule has 5 rings (SSSR count). The largest absolute Gasteiger partial charge is 0.488 e. The van der Waals surface area contributed by atoms with Gasteiger partial charge in [0, 0.05) is 21.7 Å². The van der Waals surface area contributed by atoms with Gasteiger partial charge in [0.15, 0.2) is 0 Å². The van der Waals surface area contributed by atoms with Crippen LogP contribution >= 0.6 is 11.3 Å². The summed E-state index contributed by atoms with van der Waals surface area (Å²) in [6.07, 6.45) is 2.24. The molecule has 0 saturated carbocycles. The molecule has 2 aliphatic rings. The van der Waals surface area contributed by atoms with Crippen molar-refractivity contribution >= 4 is 23.2 Å². The van der Waals surface area contributed by atoms with Crippen molar-refractivity contribution in [2.24, 2.45) is 5.73 Å². The van der Waals surface area contributed by atoms with Crippen molar-refractivity contribution in [3.63, 3.8) is 0 Å². The van der Waals surface area contributed by atoms with Gasteiger partial charge in [-0.25, -0.2) is 0 Å². The normalized spacial score (nSPS) is 16.6. The van der Waals surface area contributed by atoms with Crippen LogP contribution < -0.4 is 21.3 Å². The highest BCUT2D eigenvalue weighted by atomic mass is 32.1. The molecule has 2 aromatic heterocycles. The number of carbonyl (C=O) groups excluding carboxylic acids is 2. The fourth-order valence-electron chi connectivity index (χ4n) is 4.11. The number of hydrogen-bond donors (Lipinski definition) is 3. The zero-order chi connectivity index (χ0) is 20.8. The Morgan fingerprint density at radius 2 is 2.07 bits per heavy atom. The first-order chi connectivity index (χ1) is 14.5. The van der Waals surface area contributed by atoms with Crippen molar-refractivity contribution in [3.05, 3.63) is 74.0 Å². The molecule has 1 atom stereocenters. The lowest BCUT2D eigenvalue weighted by Crippen LogP contribution is -2.33. The van der Waals surface area contributed by atoms with Crippen LogP contribution in [0.2, 0.25) is 0 Å². The van der Waals surface area contributed by atoms with Gasteiger partial charge in [0.2, 0.25) is 0 Å². The third-order valence-electron chi connectivity index (χ3n) is 5.57. The van der Waals surface area contributed by atoms with Crippen LogP contribution in [0, 0.1) is 0 Å². The van der Waals surface area contributed by atoms with Gasteiger partial charge in [-0.3, -0.25) is 14.4 Å². The molecule has 0 spiro atoms. The van der Waals surface area contributed by atoms with Gasteiger partial charge in [0.05, 0.1) is 10.9 Å². The highest BCUT2D eigenvalue weighted by Gasteiger charge is 2.27. The number of primary amides is 1. The van der Waals surface area contributed by atoms with E-state index in [2.05, 4.69) is 10.3 Å². The molecule has 1 unspecified atom stereocenters. The minimum atomic E-state index is -0.778. The number of amides is 2. The number of thiophene rings is 1. The molecule has 1 aliphatic heterocycles.